The average Bonchev–Trinajstić information content (AvgIpc) is 3.06. The Bertz CT molecular complexity index is 1020. The number of imide groups is 1. The van der Waals surface area contributed by atoms with Gasteiger partial charge in [0.25, 0.3) is 17.4 Å². The Morgan fingerprint density at radius 3 is 2.48 bits per heavy atom. The van der Waals surface area contributed by atoms with E-state index in [1.54, 1.807) is 24.3 Å². The molecule has 1 aliphatic heterocycles. The zero-order valence-electron chi connectivity index (χ0n) is 11.8. The Labute approximate surface area is 133 Å². The molecule has 0 atom stereocenters. The maximum Gasteiger partial charge on any atom is 0.284 e. The molecule has 8 heteroatoms. The molecule has 0 fully saturated rings. The molecule has 2 amide bonds. The van der Waals surface area contributed by atoms with Gasteiger partial charge in [-0.2, -0.15) is 0 Å². The van der Waals surface area contributed by atoms with Gasteiger partial charge in [0.1, 0.15) is 16.3 Å². The van der Waals surface area contributed by atoms with Crippen LogP contribution >= 0.6 is 11.3 Å². The number of methoxy groups -OCH3 is 1. The number of amides is 2. The highest BCUT2D eigenvalue weighted by molar-refractivity contribution is 7.19. The number of thiazole rings is 1. The summed E-state index contributed by atoms with van der Waals surface area (Å²) in [5.41, 5.74) is 0.114. The van der Waals surface area contributed by atoms with E-state index in [9.17, 15) is 14.4 Å². The summed E-state index contributed by atoms with van der Waals surface area (Å²) in [4.78, 5) is 42.9. The summed E-state index contributed by atoms with van der Waals surface area (Å²) in [6.07, 6.45) is 1.36. The molecule has 0 aliphatic carbocycles. The van der Waals surface area contributed by atoms with Gasteiger partial charge >= 0.3 is 0 Å². The second-order valence-electron chi connectivity index (χ2n) is 4.82. The van der Waals surface area contributed by atoms with Crippen LogP contribution < -0.4 is 15.2 Å². The summed E-state index contributed by atoms with van der Waals surface area (Å²) < 4.78 is 6.25. The number of rotatable bonds is 2. The van der Waals surface area contributed by atoms with E-state index in [1.807, 2.05) is 0 Å². The van der Waals surface area contributed by atoms with E-state index in [2.05, 4.69) is 4.98 Å². The lowest BCUT2D eigenvalue weighted by Crippen LogP contribution is -2.30. The molecule has 114 valence electrons. The zero-order valence-corrected chi connectivity index (χ0v) is 12.7. The minimum atomic E-state index is -0.531. The molecular formula is C15H9N3O4S. The molecule has 0 unspecified atom stereocenters. The minimum Gasteiger partial charge on any atom is -0.497 e. The average molecular weight is 327 g/mol. The van der Waals surface area contributed by atoms with Crippen molar-refractivity contribution in [1.82, 2.24) is 9.38 Å². The minimum absolute atomic E-state index is 0.0731. The van der Waals surface area contributed by atoms with Crippen molar-refractivity contribution in [3.05, 3.63) is 57.5 Å². The first-order chi connectivity index (χ1) is 11.1. The third-order valence-electron chi connectivity index (χ3n) is 3.58. The third-order valence-corrected chi connectivity index (χ3v) is 4.62. The lowest BCUT2D eigenvalue weighted by molar-refractivity contribution is 0.0925. The number of hydrogen-bond acceptors (Lipinski definition) is 6. The van der Waals surface area contributed by atoms with Gasteiger partial charge in [0, 0.05) is 12.3 Å². The van der Waals surface area contributed by atoms with Crippen LogP contribution in [-0.4, -0.2) is 28.3 Å². The molecule has 0 bridgehead atoms. The van der Waals surface area contributed by atoms with Crippen LogP contribution in [0.25, 0.3) is 4.96 Å². The molecule has 3 aromatic rings. The summed E-state index contributed by atoms with van der Waals surface area (Å²) >= 11 is 1.03. The Morgan fingerprint density at radius 1 is 1.04 bits per heavy atom. The summed E-state index contributed by atoms with van der Waals surface area (Å²) in [5.74, 6) is -0.366. The van der Waals surface area contributed by atoms with E-state index >= 15 is 0 Å². The first kappa shape index (κ1) is 13.6. The number of carbonyl (C=O) groups excluding carboxylic acids is 2. The molecule has 0 spiro atoms. The van der Waals surface area contributed by atoms with Gasteiger partial charge in [-0.05, 0) is 24.3 Å². The van der Waals surface area contributed by atoms with E-state index < -0.39 is 11.8 Å². The van der Waals surface area contributed by atoms with Crippen molar-refractivity contribution in [2.45, 2.75) is 0 Å². The van der Waals surface area contributed by atoms with Crippen LogP contribution in [0.3, 0.4) is 0 Å². The van der Waals surface area contributed by atoms with Crippen LogP contribution in [-0.2, 0) is 0 Å². The molecule has 0 N–H and O–H groups in total. The summed E-state index contributed by atoms with van der Waals surface area (Å²) in [5, 5.41) is 0. The summed E-state index contributed by atoms with van der Waals surface area (Å²) in [7, 11) is 1.53. The molecule has 0 saturated heterocycles. The third kappa shape index (κ3) is 1.82. The maximum atomic E-state index is 12.7. The molecule has 2 aromatic heterocycles. The van der Waals surface area contributed by atoms with E-state index in [0.29, 0.717) is 16.4 Å². The smallest absolute Gasteiger partial charge is 0.284 e. The number of carbonyl (C=O) groups is 2. The van der Waals surface area contributed by atoms with Crippen LogP contribution in [0.1, 0.15) is 20.2 Å². The fourth-order valence-corrected chi connectivity index (χ4v) is 3.54. The molecule has 1 aliphatic rings. The van der Waals surface area contributed by atoms with Crippen LogP contribution in [0.15, 0.2) is 41.3 Å². The number of fused-ring (bicyclic) bond motifs is 3. The van der Waals surface area contributed by atoms with Gasteiger partial charge in [0.15, 0.2) is 4.96 Å². The van der Waals surface area contributed by atoms with E-state index in [1.165, 1.54) is 23.8 Å². The summed E-state index contributed by atoms with van der Waals surface area (Å²) in [6.45, 7) is 0. The van der Waals surface area contributed by atoms with Crippen LogP contribution in [0.5, 0.6) is 5.75 Å². The van der Waals surface area contributed by atoms with E-state index in [0.717, 1.165) is 16.2 Å². The Balaban J connectivity index is 1.88. The fourth-order valence-electron chi connectivity index (χ4n) is 2.51. The number of nitrogens with zero attached hydrogens (tertiary/aromatic N) is 3. The highest BCUT2D eigenvalue weighted by Crippen LogP contribution is 2.33. The number of benzene rings is 1. The Morgan fingerprint density at radius 2 is 1.78 bits per heavy atom. The van der Waals surface area contributed by atoms with Crippen molar-refractivity contribution >= 4 is 33.8 Å². The van der Waals surface area contributed by atoms with Gasteiger partial charge in [-0.15, -0.1) is 0 Å². The van der Waals surface area contributed by atoms with Crippen LogP contribution in [0.2, 0.25) is 0 Å². The van der Waals surface area contributed by atoms with Crippen molar-refractivity contribution in [1.29, 1.82) is 0 Å². The highest BCUT2D eigenvalue weighted by Gasteiger charge is 2.41. The van der Waals surface area contributed by atoms with Crippen LogP contribution in [0.4, 0.5) is 5.69 Å². The van der Waals surface area contributed by atoms with Gasteiger partial charge in [0.05, 0.1) is 12.8 Å². The predicted molar refractivity (Wildman–Crippen MR) is 83.5 cm³/mol. The van der Waals surface area contributed by atoms with Crippen molar-refractivity contribution in [2.75, 3.05) is 12.0 Å². The highest BCUT2D eigenvalue weighted by atomic mass is 32.1. The van der Waals surface area contributed by atoms with Crippen LogP contribution in [0, 0.1) is 0 Å². The Hall–Kier alpha value is -3.00. The second-order valence-corrected chi connectivity index (χ2v) is 5.80. The predicted octanol–water partition coefficient (Wildman–Crippen LogP) is 1.57. The maximum absolute atomic E-state index is 12.7. The number of hydrogen-bond donors (Lipinski definition) is 0. The van der Waals surface area contributed by atoms with E-state index in [4.69, 9.17) is 4.74 Å². The van der Waals surface area contributed by atoms with Crippen molar-refractivity contribution in [3.8, 4) is 5.75 Å². The van der Waals surface area contributed by atoms with Gasteiger partial charge in [0.2, 0.25) is 0 Å². The topological polar surface area (TPSA) is 81.0 Å². The lowest BCUT2D eigenvalue weighted by atomic mass is 10.3. The number of anilines is 1. The first-order valence-electron chi connectivity index (χ1n) is 6.65. The molecule has 3 heterocycles. The van der Waals surface area contributed by atoms with Crippen molar-refractivity contribution < 1.29 is 14.3 Å². The fraction of sp³-hybridized carbons (Fsp3) is 0.0667. The van der Waals surface area contributed by atoms with Gasteiger partial charge in [-0.25, -0.2) is 14.3 Å². The quantitative estimate of drug-likeness (QED) is 0.667. The zero-order chi connectivity index (χ0) is 16.1. The van der Waals surface area contributed by atoms with E-state index in [-0.39, 0.29) is 16.1 Å². The number of ether oxygens (including phenoxy) is 1. The van der Waals surface area contributed by atoms with Gasteiger partial charge in [-0.3, -0.25) is 14.4 Å². The summed E-state index contributed by atoms with van der Waals surface area (Å²) in [6, 6.07) is 7.82. The normalized spacial score (nSPS) is 13.7. The van der Waals surface area contributed by atoms with Crippen molar-refractivity contribution in [2.24, 2.45) is 0 Å². The van der Waals surface area contributed by atoms with Crippen molar-refractivity contribution in [3.63, 3.8) is 0 Å². The first-order valence-corrected chi connectivity index (χ1v) is 7.47. The largest absolute Gasteiger partial charge is 0.497 e. The van der Waals surface area contributed by atoms with Gasteiger partial charge in [-0.1, -0.05) is 11.3 Å². The standard InChI is InChI=1S/C15H9N3O4S/c1-22-9-4-2-8(3-5-9)17-13(20)11-12(14(17)21)23-15-16-7-6-10(19)18(11)15/h2-7H,1H3. The molecule has 7 nitrogen and oxygen atoms in total. The monoisotopic (exact) mass is 327 g/mol. The lowest BCUT2D eigenvalue weighted by Gasteiger charge is -2.14. The van der Waals surface area contributed by atoms with Gasteiger partial charge < -0.3 is 4.74 Å². The molecule has 4 rings (SSSR count). The molecular weight excluding hydrogens is 318 g/mol. The Kier molecular flexibility index (Phi) is 2.82. The molecule has 0 saturated carbocycles. The molecule has 23 heavy (non-hydrogen) atoms. The second kappa shape index (κ2) is 4.75. The molecule has 1 aromatic carbocycles. The SMILES string of the molecule is COc1ccc(N2C(=O)c3sc4nccc(=O)n4c3C2=O)cc1. The molecule has 0 radical (unpaired) electrons. The number of aromatic nitrogens is 2.